The number of nitrogens with zero attached hydrogens (tertiary/aromatic N) is 5. The molecular formula is C42H54N8O3. The van der Waals surface area contributed by atoms with Crippen LogP contribution in [-0.4, -0.2) is 75.7 Å². The van der Waals surface area contributed by atoms with Crippen molar-refractivity contribution >= 4 is 28.5 Å². The normalized spacial score (nSPS) is 23.9. The van der Waals surface area contributed by atoms with Gasteiger partial charge >= 0.3 is 0 Å². The van der Waals surface area contributed by atoms with Gasteiger partial charge in [0.05, 0.1) is 11.1 Å². The molecule has 1 saturated heterocycles. The molecule has 0 radical (unpaired) electrons. The third-order valence-electron chi connectivity index (χ3n) is 12.6. The summed E-state index contributed by atoms with van der Waals surface area (Å²) in [4.78, 5) is 51.6. The van der Waals surface area contributed by atoms with Crippen LogP contribution >= 0.6 is 0 Å². The zero-order chi connectivity index (χ0) is 36.9. The number of rotatable bonds is 11. The van der Waals surface area contributed by atoms with E-state index in [0.29, 0.717) is 28.7 Å². The number of hydrogen-bond acceptors (Lipinski definition) is 7. The first kappa shape index (κ1) is 35.5. The molecule has 9 rings (SSSR count). The van der Waals surface area contributed by atoms with Crippen molar-refractivity contribution in [1.82, 2.24) is 35.3 Å². The first-order chi connectivity index (χ1) is 25.5. The topological polar surface area (TPSA) is 128 Å². The lowest BCUT2D eigenvalue weighted by Gasteiger charge is -2.56. The molecule has 0 atom stereocenters. The molecule has 1 aromatic carbocycles. The third kappa shape index (κ3) is 7.24. The van der Waals surface area contributed by atoms with E-state index in [0.717, 1.165) is 90.6 Å². The molecule has 0 unspecified atom stereocenters. The summed E-state index contributed by atoms with van der Waals surface area (Å²) in [6, 6.07) is 11.8. The number of carbonyl (C=O) groups excluding carboxylic acids is 2. The third-order valence-corrected chi connectivity index (χ3v) is 12.6. The number of H-pyrrole nitrogens is 1. The van der Waals surface area contributed by atoms with Gasteiger partial charge in [0, 0.05) is 86.7 Å². The maximum Gasteiger partial charge on any atom is 0.253 e. The fourth-order valence-electron chi connectivity index (χ4n) is 10.4. The molecule has 280 valence electrons. The number of carbonyl (C=O) groups is 2. The van der Waals surface area contributed by atoms with Crippen molar-refractivity contribution in [2.75, 3.05) is 44.2 Å². The summed E-state index contributed by atoms with van der Waals surface area (Å²) in [6.07, 6.45) is 10.7. The van der Waals surface area contributed by atoms with Crippen molar-refractivity contribution in [3.8, 4) is 11.3 Å². The van der Waals surface area contributed by atoms with Crippen LogP contribution in [0.3, 0.4) is 0 Å². The first-order valence-corrected chi connectivity index (χ1v) is 19.7. The fourth-order valence-corrected chi connectivity index (χ4v) is 10.4. The highest BCUT2D eigenvalue weighted by Gasteiger charge is 2.50. The minimum Gasteiger partial charge on any atom is -0.356 e. The molecule has 11 heteroatoms. The SMILES string of the molecule is Cc1cc(C)c(CNC(=O)c2cccc3c2c(-c2ccc(N4CCN(CCC(=O)NCC56CC7CC(CC(C7)C5)C6)CC4)nc2)nn3C(C)C)c(=O)[nH]1. The highest BCUT2D eigenvalue weighted by atomic mass is 16.2. The minimum absolute atomic E-state index is 0.0784. The number of hydrogen-bond donors (Lipinski definition) is 3. The molecule has 4 saturated carbocycles. The molecule has 11 nitrogen and oxygen atoms in total. The minimum atomic E-state index is -0.262. The average molecular weight is 719 g/mol. The fraction of sp³-hybridized carbons (Fsp3) is 0.548. The number of piperazine rings is 1. The van der Waals surface area contributed by atoms with E-state index in [-0.39, 0.29) is 30.0 Å². The van der Waals surface area contributed by atoms with Crippen LogP contribution in [0.1, 0.15) is 92.0 Å². The van der Waals surface area contributed by atoms with E-state index >= 15 is 0 Å². The lowest BCUT2D eigenvalue weighted by molar-refractivity contribution is -0.123. The predicted octanol–water partition coefficient (Wildman–Crippen LogP) is 5.76. The Bertz CT molecular complexity index is 2020. The molecule has 53 heavy (non-hydrogen) atoms. The molecule has 5 fully saturated rings. The van der Waals surface area contributed by atoms with Gasteiger partial charge in [0.2, 0.25) is 5.91 Å². The second-order valence-electron chi connectivity index (χ2n) is 16.9. The number of nitrogens with one attached hydrogen (secondary N) is 3. The van der Waals surface area contributed by atoms with Crippen molar-refractivity contribution < 1.29 is 9.59 Å². The summed E-state index contributed by atoms with van der Waals surface area (Å²) < 4.78 is 1.95. The number of amides is 2. The Balaban J connectivity index is 0.891. The van der Waals surface area contributed by atoms with E-state index in [1.807, 2.05) is 61.1 Å². The molecule has 0 spiro atoms. The summed E-state index contributed by atoms with van der Waals surface area (Å²) in [5.41, 5.74) is 5.28. The van der Waals surface area contributed by atoms with E-state index in [1.54, 1.807) is 0 Å². The number of aryl methyl sites for hydroxylation is 2. The molecule has 3 N–H and O–H groups in total. The summed E-state index contributed by atoms with van der Waals surface area (Å²) in [7, 11) is 0. The van der Waals surface area contributed by atoms with Gasteiger partial charge in [-0.1, -0.05) is 6.07 Å². The monoisotopic (exact) mass is 718 g/mol. The smallest absolute Gasteiger partial charge is 0.253 e. The number of aromatic nitrogens is 4. The Morgan fingerprint density at radius 2 is 1.68 bits per heavy atom. The number of fused-ring (bicyclic) bond motifs is 1. The Morgan fingerprint density at radius 3 is 2.32 bits per heavy atom. The maximum absolute atomic E-state index is 13.7. The van der Waals surface area contributed by atoms with Gasteiger partial charge in [-0.05, 0) is 125 Å². The van der Waals surface area contributed by atoms with Gasteiger partial charge in [0.25, 0.3) is 11.5 Å². The summed E-state index contributed by atoms with van der Waals surface area (Å²) in [6.45, 7) is 13.2. The second-order valence-corrected chi connectivity index (χ2v) is 16.9. The predicted molar refractivity (Wildman–Crippen MR) is 208 cm³/mol. The molecule has 5 aliphatic rings. The lowest BCUT2D eigenvalue weighted by atomic mass is 9.49. The van der Waals surface area contributed by atoms with Gasteiger partial charge in [-0.2, -0.15) is 5.10 Å². The Kier molecular flexibility index (Phi) is 9.64. The van der Waals surface area contributed by atoms with Crippen molar-refractivity contribution in [3.63, 3.8) is 0 Å². The van der Waals surface area contributed by atoms with E-state index in [4.69, 9.17) is 10.1 Å². The number of pyridine rings is 2. The molecule has 2 amide bonds. The molecule has 3 aromatic heterocycles. The van der Waals surface area contributed by atoms with E-state index in [2.05, 4.69) is 39.3 Å². The van der Waals surface area contributed by atoms with Gasteiger partial charge in [-0.15, -0.1) is 0 Å². The van der Waals surface area contributed by atoms with Crippen molar-refractivity contribution in [2.45, 2.75) is 85.2 Å². The van der Waals surface area contributed by atoms with Crippen LogP contribution in [0.25, 0.3) is 22.2 Å². The highest BCUT2D eigenvalue weighted by molar-refractivity contribution is 6.11. The van der Waals surface area contributed by atoms with Crippen LogP contribution in [0.4, 0.5) is 5.82 Å². The van der Waals surface area contributed by atoms with Gasteiger partial charge in [0.15, 0.2) is 0 Å². The van der Waals surface area contributed by atoms with Crippen molar-refractivity contribution in [3.05, 3.63) is 75.3 Å². The first-order valence-electron chi connectivity index (χ1n) is 19.7. The van der Waals surface area contributed by atoms with E-state index in [9.17, 15) is 14.4 Å². The van der Waals surface area contributed by atoms with Crippen LogP contribution in [0.2, 0.25) is 0 Å². The largest absolute Gasteiger partial charge is 0.356 e. The van der Waals surface area contributed by atoms with Crippen LogP contribution in [0, 0.1) is 37.0 Å². The average Bonchev–Trinajstić information content (AvgIpc) is 3.53. The number of anilines is 1. The van der Waals surface area contributed by atoms with Crippen molar-refractivity contribution in [2.24, 2.45) is 23.2 Å². The quantitative estimate of drug-likeness (QED) is 0.180. The molecule has 4 bridgehead atoms. The Labute approximate surface area is 311 Å². The van der Waals surface area contributed by atoms with Crippen LogP contribution in [0.15, 0.2) is 47.4 Å². The number of benzene rings is 1. The van der Waals surface area contributed by atoms with E-state index < -0.39 is 0 Å². The summed E-state index contributed by atoms with van der Waals surface area (Å²) in [5, 5.41) is 12.1. The summed E-state index contributed by atoms with van der Waals surface area (Å²) in [5.74, 6) is 3.56. The van der Waals surface area contributed by atoms with Crippen LogP contribution in [0.5, 0.6) is 0 Å². The lowest BCUT2D eigenvalue weighted by Crippen LogP contribution is -2.51. The number of aromatic amines is 1. The molecule has 4 aromatic rings. The van der Waals surface area contributed by atoms with Gasteiger partial charge in [-0.25, -0.2) is 4.98 Å². The van der Waals surface area contributed by atoms with Gasteiger partial charge < -0.3 is 20.5 Å². The molecule has 1 aliphatic heterocycles. The molecule has 4 heterocycles. The van der Waals surface area contributed by atoms with E-state index in [1.165, 1.54) is 38.5 Å². The van der Waals surface area contributed by atoms with Gasteiger partial charge in [0.1, 0.15) is 11.5 Å². The van der Waals surface area contributed by atoms with Gasteiger partial charge in [-0.3, -0.25) is 24.0 Å². The highest BCUT2D eigenvalue weighted by Crippen LogP contribution is 2.59. The summed E-state index contributed by atoms with van der Waals surface area (Å²) >= 11 is 0. The maximum atomic E-state index is 13.7. The zero-order valence-corrected chi connectivity index (χ0v) is 31.7. The van der Waals surface area contributed by atoms with Crippen molar-refractivity contribution in [1.29, 1.82) is 0 Å². The zero-order valence-electron chi connectivity index (χ0n) is 31.7. The Morgan fingerprint density at radius 1 is 0.962 bits per heavy atom. The van der Waals surface area contributed by atoms with Crippen LogP contribution in [-0.2, 0) is 11.3 Å². The second kappa shape index (κ2) is 14.4. The standard InChI is InChI=1S/C42H54N8O3/c1-26(2)50-35-7-5-6-33(40(52)44-24-34-27(3)16-28(4)46-41(34)53)38(35)39(47-50)32-8-9-36(43-23-32)49-14-12-48(13-15-49)11-10-37(51)45-25-42-20-29-17-30(21-42)19-31(18-29)22-42/h5-9,16,23,26,29-31H,10-15,17-22,24-25H2,1-4H3,(H,44,52)(H,45,51)(H,46,53). The molecular weight excluding hydrogens is 665 g/mol. The molecule has 4 aliphatic carbocycles. The van der Waals surface area contributed by atoms with Crippen LogP contribution < -0.4 is 21.1 Å². The Hall–Kier alpha value is -4.51.